The fourth-order valence-corrected chi connectivity index (χ4v) is 3.18. The average molecular weight is 482 g/mol. The molecule has 11 heteroatoms. The number of hydrogen-bond acceptors (Lipinski definition) is 2. The van der Waals surface area contributed by atoms with E-state index in [1.165, 1.54) is 0 Å². The monoisotopic (exact) mass is 481 g/mol. The highest BCUT2D eigenvalue weighted by molar-refractivity contribution is 6.30. The standard InChI is InChI=1S/C21H18ClF6NO3/c1-29(17(19(31)32)4-2-3-12-5-7-16(22)8-6-12)18(30)13-9-14(20(23,24)25)11-15(10-13)21(26,27)28/h5-11,17H,2-4H2,1H3,(H,31,32). The Morgan fingerprint density at radius 3 is 1.91 bits per heavy atom. The third kappa shape index (κ3) is 6.62. The Balaban J connectivity index is 2.24. The lowest BCUT2D eigenvalue weighted by molar-refractivity contribution is -0.144. The molecule has 0 aliphatic rings. The highest BCUT2D eigenvalue weighted by Crippen LogP contribution is 2.36. The molecule has 174 valence electrons. The molecule has 0 aromatic heterocycles. The van der Waals surface area contributed by atoms with Crippen molar-refractivity contribution in [2.75, 3.05) is 7.05 Å². The predicted molar refractivity (Wildman–Crippen MR) is 104 cm³/mol. The minimum absolute atomic E-state index is 0.0642. The third-order valence-electron chi connectivity index (χ3n) is 4.76. The van der Waals surface area contributed by atoms with E-state index in [0.29, 0.717) is 22.8 Å². The summed E-state index contributed by atoms with van der Waals surface area (Å²) in [5.41, 5.74) is -3.36. The van der Waals surface area contributed by atoms with Crippen LogP contribution in [-0.4, -0.2) is 35.0 Å². The quantitative estimate of drug-likeness (QED) is 0.499. The highest BCUT2D eigenvalue weighted by Gasteiger charge is 2.38. The van der Waals surface area contributed by atoms with Crippen LogP contribution in [0.15, 0.2) is 42.5 Å². The van der Waals surface area contributed by atoms with Gasteiger partial charge < -0.3 is 10.0 Å². The first-order valence-electron chi connectivity index (χ1n) is 9.24. The van der Waals surface area contributed by atoms with Crippen LogP contribution < -0.4 is 0 Å². The molecule has 0 aliphatic heterocycles. The maximum Gasteiger partial charge on any atom is 0.416 e. The Morgan fingerprint density at radius 1 is 0.969 bits per heavy atom. The summed E-state index contributed by atoms with van der Waals surface area (Å²) in [5.74, 6) is -2.69. The Bertz CT molecular complexity index is 941. The van der Waals surface area contributed by atoms with Crippen LogP contribution in [-0.2, 0) is 23.6 Å². The van der Waals surface area contributed by atoms with Gasteiger partial charge in [-0.1, -0.05) is 23.7 Å². The van der Waals surface area contributed by atoms with Crippen LogP contribution in [0.3, 0.4) is 0 Å². The molecule has 0 bridgehead atoms. The van der Waals surface area contributed by atoms with E-state index in [1.807, 2.05) is 0 Å². The average Bonchev–Trinajstić information content (AvgIpc) is 2.69. The maximum atomic E-state index is 13.0. The lowest BCUT2D eigenvalue weighted by Gasteiger charge is -2.25. The Kier molecular flexibility index (Phi) is 7.82. The number of nitrogens with zero attached hydrogens (tertiary/aromatic N) is 1. The number of benzene rings is 2. The van der Waals surface area contributed by atoms with E-state index in [1.54, 1.807) is 24.3 Å². The largest absolute Gasteiger partial charge is 0.480 e. The SMILES string of the molecule is CN(C(=O)c1cc(C(F)(F)F)cc(C(F)(F)F)c1)C(CCCc1ccc(Cl)cc1)C(=O)O. The van der Waals surface area contributed by atoms with Gasteiger partial charge in [-0.15, -0.1) is 0 Å². The van der Waals surface area contributed by atoms with E-state index in [0.717, 1.165) is 12.6 Å². The Hall–Kier alpha value is -2.75. The van der Waals surface area contributed by atoms with Gasteiger partial charge in [0, 0.05) is 17.6 Å². The maximum absolute atomic E-state index is 13.0. The molecule has 1 N–H and O–H groups in total. The van der Waals surface area contributed by atoms with Crippen LogP contribution in [0.4, 0.5) is 26.3 Å². The van der Waals surface area contributed by atoms with Gasteiger partial charge in [0.1, 0.15) is 6.04 Å². The zero-order chi connectivity index (χ0) is 24.3. The summed E-state index contributed by atoms with van der Waals surface area (Å²) in [6, 6.07) is 5.76. The van der Waals surface area contributed by atoms with Crippen molar-refractivity contribution in [3.05, 3.63) is 69.7 Å². The number of likely N-dealkylation sites (N-methyl/N-ethyl adjacent to an activating group) is 1. The summed E-state index contributed by atoms with van der Waals surface area (Å²) >= 11 is 5.79. The van der Waals surface area contributed by atoms with E-state index in [4.69, 9.17) is 11.6 Å². The minimum atomic E-state index is -5.13. The molecule has 0 heterocycles. The molecule has 4 nitrogen and oxygen atoms in total. The number of carboxylic acid groups (broad SMARTS) is 1. The Labute approximate surface area is 184 Å². The van der Waals surface area contributed by atoms with Gasteiger partial charge in [-0.25, -0.2) is 4.79 Å². The number of amides is 1. The van der Waals surface area contributed by atoms with Gasteiger partial charge in [0.05, 0.1) is 11.1 Å². The Morgan fingerprint density at radius 2 is 1.47 bits per heavy atom. The van der Waals surface area contributed by atoms with Crippen LogP contribution in [0.1, 0.15) is 39.9 Å². The molecular weight excluding hydrogens is 464 g/mol. The number of alkyl halides is 6. The van der Waals surface area contributed by atoms with E-state index in [-0.39, 0.29) is 24.6 Å². The van der Waals surface area contributed by atoms with Crippen molar-refractivity contribution in [1.29, 1.82) is 0 Å². The van der Waals surface area contributed by atoms with Gasteiger partial charge in [-0.3, -0.25) is 4.79 Å². The number of carbonyl (C=O) groups is 2. The van der Waals surface area contributed by atoms with Crippen LogP contribution >= 0.6 is 11.6 Å². The molecule has 2 aromatic rings. The van der Waals surface area contributed by atoms with Gasteiger partial charge in [-0.2, -0.15) is 26.3 Å². The van der Waals surface area contributed by atoms with Gasteiger partial charge in [0.25, 0.3) is 5.91 Å². The highest BCUT2D eigenvalue weighted by atomic mass is 35.5. The zero-order valence-corrected chi connectivity index (χ0v) is 17.4. The van der Waals surface area contributed by atoms with Gasteiger partial charge in [0.15, 0.2) is 0 Å². The molecular formula is C21H18ClF6NO3. The van der Waals surface area contributed by atoms with Crippen molar-refractivity contribution in [3.63, 3.8) is 0 Å². The van der Waals surface area contributed by atoms with Crippen LogP contribution in [0.25, 0.3) is 0 Å². The number of carbonyl (C=O) groups excluding carboxylic acids is 1. The normalized spacial score (nSPS) is 13.0. The second kappa shape index (κ2) is 9.81. The van der Waals surface area contributed by atoms with Crippen LogP contribution in [0.2, 0.25) is 5.02 Å². The molecule has 0 fully saturated rings. The summed E-state index contributed by atoms with van der Waals surface area (Å²) in [5, 5.41) is 9.98. The first-order valence-corrected chi connectivity index (χ1v) is 9.62. The number of rotatable bonds is 7. The summed E-state index contributed by atoms with van der Waals surface area (Å²) in [4.78, 5) is 24.9. The molecule has 2 aromatic carbocycles. The minimum Gasteiger partial charge on any atom is -0.480 e. The molecule has 0 radical (unpaired) electrons. The summed E-state index contributed by atoms with van der Waals surface area (Å²) < 4.78 is 78.3. The summed E-state index contributed by atoms with van der Waals surface area (Å²) in [6.07, 6.45) is -9.58. The van der Waals surface area contributed by atoms with Gasteiger partial charge in [0.2, 0.25) is 0 Å². The molecule has 32 heavy (non-hydrogen) atoms. The van der Waals surface area contributed by atoms with Gasteiger partial charge >= 0.3 is 18.3 Å². The number of aliphatic carboxylic acids is 1. The molecule has 0 saturated heterocycles. The van der Waals surface area contributed by atoms with E-state index >= 15 is 0 Å². The van der Waals surface area contributed by atoms with E-state index < -0.39 is 47.0 Å². The first kappa shape index (κ1) is 25.5. The summed E-state index contributed by atoms with van der Waals surface area (Å²) in [6.45, 7) is 0. The molecule has 0 aliphatic carbocycles. The molecule has 0 saturated carbocycles. The smallest absolute Gasteiger partial charge is 0.416 e. The predicted octanol–water partition coefficient (Wildman–Crippen LogP) is 5.93. The van der Waals surface area contributed by atoms with Crippen LogP contribution in [0, 0.1) is 0 Å². The van der Waals surface area contributed by atoms with Crippen molar-refractivity contribution in [2.45, 2.75) is 37.7 Å². The second-order valence-electron chi connectivity index (χ2n) is 7.08. The van der Waals surface area contributed by atoms with Crippen molar-refractivity contribution in [1.82, 2.24) is 4.90 Å². The molecule has 2 rings (SSSR count). The topological polar surface area (TPSA) is 57.6 Å². The number of carboxylic acids is 1. The fourth-order valence-electron chi connectivity index (χ4n) is 3.06. The molecule has 1 unspecified atom stereocenters. The zero-order valence-electron chi connectivity index (χ0n) is 16.6. The van der Waals surface area contributed by atoms with Crippen LogP contribution in [0.5, 0.6) is 0 Å². The second-order valence-corrected chi connectivity index (χ2v) is 7.52. The van der Waals surface area contributed by atoms with Gasteiger partial charge in [-0.05, 0) is 55.2 Å². The van der Waals surface area contributed by atoms with E-state index in [9.17, 15) is 41.0 Å². The van der Waals surface area contributed by atoms with E-state index in [2.05, 4.69) is 0 Å². The lowest BCUT2D eigenvalue weighted by Crippen LogP contribution is -2.42. The first-order chi connectivity index (χ1) is 14.7. The molecule has 0 spiro atoms. The van der Waals surface area contributed by atoms with Crippen molar-refractivity contribution in [2.24, 2.45) is 0 Å². The number of aryl methyl sites for hydroxylation is 1. The molecule has 1 amide bonds. The fraction of sp³-hybridized carbons (Fsp3) is 0.333. The van der Waals surface area contributed by atoms with Crippen molar-refractivity contribution >= 4 is 23.5 Å². The van der Waals surface area contributed by atoms with Crippen molar-refractivity contribution < 1.29 is 41.0 Å². The summed E-state index contributed by atoms with van der Waals surface area (Å²) in [7, 11) is 1.02. The molecule has 1 atom stereocenters. The lowest BCUT2D eigenvalue weighted by atomic mass is 10.0. The number of halogens is 7. The number of hydrogen-bond donors (Lipinski definition) is 1. The third-order valence-corrected chi connectivity index (χ3v) is 5.02. The van der Waals surface area contributed by atoms with Crippen molar-refractivity contribution in [3.8, 4) is 0 Å².